The zero-order valence-corrected chi connectivity index (χ0v) is 35.5. The number of allylic oxidation sites excluding steroid dienone is 3. The summed E-state index contributed by atoms with van der Waals surface area (Å²) in [6.07, 6.45) is 8.57. The molecule has 0 unspecified atom stereocenters. The number of hydrogen-bond acceptors (Lipinski definition) is 9. The number of thiazole rings is 1. The average Bonchev–Trinajstić information content (AvgIpc) is 3.86. The van der Waals surface area contributed by atoms with E-state index in [-0.39, 0.29) is 58.2 Å². The third-order valence-corrected chi connectivity index (χ3v) is 11.7. The summed E-state index contributed by atoms with van der Waals surface area (Å²) in [6, 6.07) is -1.91. The molecule has 1 saturated heterocycles. The van der Waals surface area contributed by atoms with Gasteiger partial charge in [0.05, 0.1) is 48.2 Å². The minimum Gasteiger partial charge on any atom is -0.379 e. The molecule has 1 aliphatic rings. The summed E-state index contributed by atoms with van der Waals surface area (Å²) in [4.78, 5) is 63.5. The van der Waals surface area contributed by atoms with Gasteiger partial charge in [0.25, 0.3) is 0 Å². The van der Waals surface area contributed by atoms with Crippen LogP contribution >= 0.6 is 11.3 Å². The van der Waals surface area contributed by atoms with Gasteiger partial charge in [-0.1, -0.05) is 79.3 Å². The fourth-order valence-corrected chi connectivity index (χ4v) is 8.09. The summed E-state index contributed by atoms with van der Waals surface area (Å²) in [5.41, 5.74) is 0.0614. The number of nitrogens with one attached hydrogen (secondary N) is 3. The van der Waals surface area contributed by atoms with Crippen LogP contribution in [0.1, 0.15) is 103 Å². The molecule has 2 rings (SSSR count). The Kier molecular flexibility index (Phi) is 19.3. The number of carbonyl (C=O) groups is 4. The third-order valence-electron chi connectivity index (χ3n) is 10.8. The first-order valence-electron chi connectivity index (χ1n) is 19.3. The standard InChI is InChI=1S/C41H68N6O6S.3H2/c1-14-19-29(16-3)24-30(38-42-21-23-54-38)44-37(49)28(8)36(53-13)31-20-18-22-47(31)33(48)25-32(52-12)35(27(7)15-2)46(11)39(50)34(26(5)6)45-40(51)41(9,10)43-17-4;;;/h14,16,19,21,23,26-28,30-32,34-36,43H,1,3,15,17-18,20,22,24-25H2,2,4-13H3,(H,44,49)(H,45,51);3*1H/b29-19+;;;/t27-,28+,30-,31-,32+,34-,35-,36+;;;/m0.../s1. The topological polar surface area (TPSA) is 142 Å². The third kappa shape index (κ3) is 12.3. The Morgan fingerprint density at radius 3 is 2.31 bits per heavy atom. The van der Waals surface area contributed by atoms with Crippen molar-refractivity contribution < 1.29 is 32.9 Å². The van der Waals surface area contributed by atoms with Crippen molar-refractivity contribution in [3.05, 3.63) is 53.5 Å². The molecule has 0 radical (unpaired) electrons. The summed E-state index contributed by atoms with van der Waals surface area (Å²) in [5.74, 6) is -1.60. The van der Waals surface area contributed by atoms with Gasteiger partial charge < -0.3 is 35.2 Å². The Hall–Kier alpha value is -3.39. The van der Waals surface area contributed by atoms with E-state index in [0.29, 0.717) is 25.9 Å². The smallest absolute Gasteiger partial charge is 0.245 e. The van der Waals surface area contributed by atoms with Crippen LogP contribution in [-0.4, -0.2) is 109 Å². The fraction of sp³-hybridized carbons (Fsp3) is 0.683. The summed E-state index contributed by atoms with van der Waals surface area (Å²) in [7, 11) is 4.88. The largest absolute Gasteiger partial charge is 0.379 e. The van der Waals surface area contributed by atoms with Crippen LogP contribution in [0, 0.1) is 17.8 Å². The zero-order valence-electron chi connectivity index (χ0n) is 34.6. The maximum Gasteiger partial charge on any atom is 0.245 e. The highest BCUT2D eigenvalue weighted by Crippen LogP contribution is 2.31. The molecule has 0 bridgehead atoms. The molecule has 8 atom stereocenters. The van der Waals surface area contributed by atoms with Gasteiger partial charge in [-0.25, -0.2) is 4.98 Å². The number of likely N-dealkylation sites (tertiary alicyclic amines) is 1. The van der Waals surface area contributed by atoms with Crippen LogP contribution in [0.15, 0.2) is 48.5 Å². The SMILES string of the molecule is C=C/C=C(\C=C)C[C@H](NC(=O)[C@H](C)[C@@H](OC)[C@@H]1CCCN1C(=O)C[C@@H](OC)[C@H]([C@@H](C)CC)N(C)C(=O)[C@@H](NC(=O)C(C)(C)NCC)C(C)C)c1nccs1.[HH].[HH].[HH]. The highest BCUT2D eigenvalue weighted by Gasteiger charge is 2.43. The van der Waals surface area contributed by atoms with E-state index in [9.17, 15) is 19.2 Å². The summed E-state index contributed by atoms with van der Waals surface area (Å²) < 4.78 is 12.0. The highest BCUT2D eigenvalue weighted by molar-refractivity contribution is 7.09. The molecule has 54 heavy (non-hydrogen) atoms. The summed E-state index contributed by atoms with van der Waals surface area (Å²) in [5, 5.41) is 12.0. The Morgan fingerprint density at radius 1 is 1.11 bits per heavy atom. The predicted molar refractivity (Wildman–Crippen MR) is 223 cm³/mol. The quantitative estimate of drug-likeness (QED) is 0.112. The lowest BCUT2D eigenvalue weighted by Gasteiger charge is -2.41. The van der Waals surface area contributed by atoms with Gasteiger partial charge in [0.2, 0.25) is 23.6 Å². The first-order chi connectivity index (χ1) is 25.5. The van der Waals surface area contributed by atoms with Crippen molar-refractivity contribution >= 4 is 35.0 Å². The molecule has 3 N–H and O–H groups in total. The van der Waals surface area contributed by atoms with E-state index < -0.39 is 35.7 Å². The number of carbonyl (C=O) groups excluding carboxylic acids is 4. The number of rotatable bonds is 23. The van der Waals surface area contributed by atoms with Gasteiger partial charge in [0, 0.05) is 43.7 Å². The van der Waals surface area contributed by atoms with Crippen LogP contribution in [0.25, 0.3) is 0 Å². The summed E-state index contributed by atoms with van der Waals surface area (Å²) >= 11 is 1.47. The predicted octanol–water partition coefficient (Wildman–Crippen LogP) is 6.18. The lowest BCUT2D eigenvalue weighted by atomic mass is 9.89. The number of methoxy groups -OCH3 is 2. The van der Waals surface area contributed by atoms with Crippen molar-refractivity contribution in [1.29, 1.82) is 0 Å². The van der Waals surface area contributed by atoms with E-state index in [0.717, 1.165) is 23.4 Å². The maximum absolute atomic E-state index is 14.2. The average molecular weight is 779 g/mol. The molecular formula is C41H74N6O6S. The molecule has 0 saturated carbocycles. The van der Waals surface area contributed by atoms with Crippen LogP contribution in [-0.2, 0) is 28.7 Å². The molecule has 0 aliphatic carbocycles. The highest BCUT2D eigenvalue weighted by atomic mass is 32.1. The minimum atomic E-state index is -0.858. The maximum atomic E-state index is 14.2. The molecule has 2 heterocycles. The van der Waals surface area contributed by atoms with Crippen molar-refractivity contribution in [2.75, 3.05) is 34.4 Å². The fourth-order valence-electron chi connectivity index (χ4n) is 7.40. The van der Waals surface area contributed by atoms with Gasteiger partial charge in [-0.3, -0.25) is 19.2 Å². The second kappa shape index (κ2) is 22.2. The molecule has 1 fully saturated rings. The number of ether oxygens (including phenoxy) is 2. The van der Waals surface area contributed by atoms with E-state index in [1.165, 1.54) is 11.3 Å². The van der Waals surface area contributed by atoms with Crippen LogP contribution in [0.2, 0.25) is 0 Å². The molecule has 1 aliphatic heterocycles. The lowest BCUT2D eigenvalue weighted by Crippen LogP contribution is -2.61. The number of likely N-dealkylation sites (N-methyl/N-ethyl adjacent to an activating group) is 2. The Balaban J connectivity index is 0. The monoisotopic (exact) mass is 779 g/mol. The summed E-state index contributed by atoms with van der Waals surface area (Å²) in [6.45, 7) is 24.1. The van der Waals surface area contributed by atoms with E-state index >= 15 is 0 Å². The molecule has 1 aromatic rings. The van der Waals surface area contributed by atoms with E-state index in [1.54, 1.807) is 58.4 Å². The van der Waals surface area contributed by atoms with Crippen molar-refractivity contribution in [2.24, 2.45) is 17.8 Å². The van der Waals surface area contributed by atoms with Crippen molar-refractivity contribution in [2.45, 2.75) is 129 Å². The van der Waals surface area contributed by atoms with Crippen molar-refractivity contribution in [1.82, 2.24) is 30.7 Å². The molecule has 0 aromatic carbocycles. The van der Waals surface area contributed by atoms with Gasteiger partial charge in [-0.15, -0.1) is 11.3 Å². The molecule has 1 aromatic heterocycles. The minimum absolute atomic E-state index is 0. The van der Waals surface area contributed by atoms with Crippen LogP contribution < -0.4 is 16.0 Å². The molecular weight excluding hydrogens is 705 g/mol. The molecule has 4 amide bonds. The number of hydrogen-bond donors (Lipinski definition) is 3. The Morgan fingerprint density at radius 2 is 1.80 bits per heavy atom. The van der Waals surface area contributed by atoms with Gasteiger partial charge in [-0.2, -0.15) is 0 Å². The van der Waals surface area contributed by atoms with Crippen LogP contribution in [0.3, 0.4) is 0 Å². The van der Waals surface area contributed by atoms with Gasteiger partial charge in [0.15, 0.2) is 0 Å². The van der Waals surface area contributed by atoms with E-state index in [4.69, 9.17) is 9.47 Å². The van der Waals surface area contributed by atoms with E-state index in [1.807, 2.05) is 57.9 Å². The molecule has 0 spiro atoms. The normalized spacial score (nSPS) is 18.9. The van der Waals surface area contributed by atoms with Crippen molar-refractivity contribution in [3.8, 4) is 0 Å². The molecule has 310 valence electrons. The first kappa shape index (κ1) is 46.8. The first-order valence-corrected chi connectivity index (χ1v) is 20.2. The zero-order chi connectivity index (χ0) is 40.7. The Labute approximate surface area is 333 Å². The van der Waals surface area contributed by atoms with Crippen LogP contribution in [0.5, 0.6) is 0 Å². The van der Waals surface area contributed by atoms with E-state index in [2.05, 4.69) is 34.1 Å². The van der Waals surface area contributed by atoms with Gasteiger partial charge in [0.1, 0.15) is 11.0 Å². The molecule has 12 nitrogen and oxygen atoms in total. The Bertz CT molecular complexity index is 1430. The number of aromatic nitrogens is 1. The molecule has 13 heteroatoms. The number of nitrogens with zero attached hydrogens (tertiary/aromatic N) is 3. The van der Waals surface area contributed by atoms with Crippen molar-refractivity contribution in [3.63, 3.8) is 0 Å². The lowest BCUT2D eigenvalue weighted by molar-refractivity contribution is -0.148. The second-order valence-electron chi connectivity index (χ2n) is 15.3. The second-order valence-corrected chi connectivity index (χ2v) is 16.2. The number of amides is 4. The van der Waals surface area contributed by atoms with Gasteiger partial charge in [-0.05, 0) is 57.1 Å². The van der Waals surface area contributed by atoms with Gasteiger partial charge >= 0.3 is 0 Å². The van der Waals surface area contributed by atoms with Crippen LogP contribution in [0.4, 0.5) is 0 Å².